The lowest BCUT2D eigenvalue weighted by atomic mass is 10.2. The number of nitrogens with one attached hydrogen (secondary N) is 1. The Labute approximate surface area is 143 Å². The Morgan fingerprint density at radius 3 is 2.82 bits per heavy atom. The smallest absolute Gasteiger partial charge is 0.253 e. The van der Waals surface area contributed by atoms with E-state index in [1.54, 1.807) is 12.3 Å². The van der Waals surface area contributed by atoms with Crippen LogP contribution in [0.1, 0.15) is 16.1 Å². The molecule has 2 aromatic rings. The van der Waals surface area contributed by atoms with Gasteiger partial charge in [0.05, 0.1) is 18.3 Å². The standard InChI is InChI=1S/C17H15IN2O2/c1-13-8-9-14(12-20-13)22-11-5-4-10-19-17(21)15-6-2-3-7-16(15)18/h2-3,6-9,12H,10-11H2,1H3,(H,19,21). The second kappa shape index (κ2) is 8.39. The van der Waals surface area contributed by atoms with Crippen molar-refractivity contribution in [2.75, 3.05) is 13.2 Å². The Hall–Kier alpha value is -2.07. The zero-order valence-electron chi connectivity index (χ0n) is 12.1. The number of hydrogen-bond acceptors (Lipinski definition) is 3. The molecule has 22 heavy (non-hydrogen) atoms. The van der Waals surface area contributed by atoms with Gasteiger partial charge in [-0.2, -0.15) is 0 Å². The van der Waals surface area contributed by atoms with Crippen LogP contribution < -0.4 is 10.1 Å². The first kappa shape index (κ1) is 16.3. The molecular weight excluding hydrogens is 391 g/mol. The van der Waals surface area contributed by atoms with Crippen LogP contribution in [0, 0.1) is 22.3 Å². The molecule has 112 valence electrons. The summed E-state index contributed by atoms with van der Waals surface area (Å²) < 4.78 is 6.34. The van der Waals surface area contributed by atoms with Crippen LogP contribution in [-0.2, 0) is 0 Å². The summed E-state index contributed by atoms with van der Waals surface area (Å²) in [6, 6.07) is 11.2. The van der Waals surface area contributed by atoms with Crippen LogP contribution >= 0.6 is 22.6 Å². The van der Waals surface area contributed by atoms with Crippen LogP contribution in [0.4, 0.5) is 0 Å². The summed E-state index contributed by atoms with van der Waals surface area (Å²) >= 11 is 2.14. The molecule has 0 spiro atoms. The van der Waals surface area contributed by atoms with Gasteiger partial charge in [-0.3, -0.25) is 9.78 Å². The third-order valence-electron chi connectivity index (χ3n) is 2.78. The van der Waals surface area contributed by atoms with Crippen molar-refractivity contribution < 1.29 is 9.53 Å². The molecule has 0 unspecified atom stereocenters. The van der Waals surface area contributed by atoms with Crippen LogP contribution in [0.15, 0.2) is 42.6 Å². The summed E-state index contributed by atoms with van der Waals surface area (Å²) in [7, 11) is 0. The molecule has 1 amide bonds. The highest BCUT2D eigenvalue weighted by atomic mass is 127. The van der Waals surface area contributed by atoms with E-state index in [0.717, 1.165) is 9.26 Å². The minimum absolute atomic E-state index is 0.122. The highest BCUT2D eigenvalue weighted by Gasteiger charge is 2.06. The van der Waals surface area contributed by atoms with E-state index in [4.69, 9.17) is 4.74 Å². The summed E-state index contributed by atoms with van der Waals surface area (Å²) in [6.07, 6.45) is 1.66. The van der Waals surface area contributed by atoms with Crippen molar-refractivity contribution in [3.8, 4) is 17.6 Å². The molecule has 2 rings (SSSR count). The first-order valence-electron chi connectivity index (χ1n) is 6.71. The van der Waals surface area contributed by atoms with Crippen molar-refractivity contribution in [1.82, 2.24) is 10.3 Å². The number of halogens is 1. The molecule has 0 aliphatic heterocycles. The van der Waals surface area contributed by atoms with Gasteiger partial charge >= 0.3 is 0 Å². The maximum Gasteiger partial charge on any atom is 0.253 e. The number of hydrogen-bond donors (Lipinski definition) is 1. The number of rotatable bonds is 4. The predicted molar refractivity (Wildman–Crippen MR) is 93.7 cm³/mol. The van der Waals surface area contributed by atoms with E-state index < -0.39 is 0 Å². The van der Waals surface area contributed by atoms with Gasteiger partial charge in [-0.15, -0.1) is 0 Å². The fourth-order valence-corrected chi connectivity index (χ4v) is 2.27. The van der Waals surface area contributed by atoms with E-state index in [9.17, 15) is 4.79 Å². The van der Waals surface area contributed by atoms with E-state index in [1.807, 2.05) is 37.3 Å². The number of ether oxygens (including phenoxy) is 1. The van der Waals surface area contributed by atoms with E-state index in [1.165, 1.54) is 0 Å². The average molecular weight is 406 g/mol. The molecule has 0 atom stereocenters. The molecule has 0 fully saturated rings. The largest absolute Gasteiger partial charge is 0.479 e. The second-order valence-electron chi connectivity index (χ2n) is 4.44. The van der Waals surface area contributed by atoms with Crippen molar-refractivity contribution in [3.63, 3.8) is 0 Å². The Morgan fingerprint density at radius 1 is 1.27 bits per heavy atom. The van der Waals surface area contributed by atoms with E-state index >= 15 is 0 Å². The molecule has 0 aliphatic rings. The molecule has 0 saturated heterocycles. The number of aryl methyl sites for hydroxylation is 1. The first-order valence-corrected chi connectivity index (χ1v) is 7.78. The van der Waals surface area contributed by atoms with Gasteiger partial charge in [0.1, 0.15) is 12.4 Å². The van der Waals surface area contributed by atoms with Crippen LogP contribution in [0.2, 0.25) is 0 Å². The molecule has 1 N–H and O–H groups in total. The zero-order chi connectivity index (χ0) is 15.8. The quantitative estimate of drug-likeness (QED) is 0.628. The second-order valence-corrected chi connectivity index (χ2v) is 5.60. The fourth-order valence-electron chi connectivity index (χ4n) is 1.64. The maximum absolute atomic E-state index is 11.9. The lowest BCUT2D eigenvalue weighted by Crippen LogP contribution is -2.24. The lowest BCUT2D eigenvalue weighted by Gasteiger charge is -2.03. The summed E-state index contributed by atoms with van der Waals surface area (Å²) in [5, 5.41) is 2.76. The van der Waals surface area contributed by atoms with Gasteiger partial charge in [0.2, 0.25) is 0 Å². The molecule has 0 aliphatic carbocycles. The number of carbonyl (C=O) groups excluding carboxylic acids is 1. The Bertz CT molecular complexity index is 703. The number of nitrogens with zero attached hydrogens (tertiary/aromatic N) is 1. The molecule has 0 radical (unpaired) electrons. The molecule has 4 nitrogen and oxygen atoms in total. The SMILES string of the molecule is Cc1ccc(OCC#CCNC(=O)c2ccccc2I)cn1. The van der Waals surface area contributed by atoms with Gasteiger partial charge in [-0.05, 0) is 53.8 Å². The maximum atomic E-state index is 11.9. The monoisotopic (exact) mass is 406 g/mol. The topological polar surface area (TPSA) is 51.2 Å². The number of amides is 1. The molecule has 1 aromatic heterocycles. The van der Waals surface area contributed by atoms with Gasteiger partial charge in [0.15, 0.2) is 0 Å². The van der Waals surface area contributed by atoms with Gasteiger partial charge in [0, 0.05) is 9.26 Å². The van der Waals surface area contributed by atoms with Crippen LogP contribution in [0.25, 0.3) is 0 Å². The highest BCUT2D eigenvalue weighted by Crippen LogP contribution is 2.10. The van der Waals surface area contributed by atoms with Gasteiger partial charge in [-0.25, -0.2) is 0 Å². The number of pyridine rings is 1. The molecule has 1 aromatic carbocycles. The normalized spacial score (nSPS) is 9.55. The Kier molecular flexibility index (Phi) is 6.22. The van der Waals surface area contributed by atoms with Crippen molar-refractivity contribution in [3.05, 3.63) is 57.4 Å². The van der Waals surface area contributed by atoms with Crippen molar-refractivity contribution in [2.24, 2.45) is 0 Å². The highest BCUT2D eigenvalue weighted by molar-refractivity contribution is 14.1. The van der Waals surface area contributed by atoms with Crippen molar-refractivity contribution in [1.29, 1.82) is 0 Å². The summed E-state index contributed by atoms with van der Waals surface area (Å²) in [6.45, 7) is 2.48. The Morgan fingerprint density at radius 2 is 2.09 bits per heavy atom. The van der Waals surface area contributed by atoms with Crippen LogP contribution in [0.3, 0.4) is 0 Å². The van der Waals surface area contributed by atoms with Gasteiger partial charge in [-0.1, -0.05) is 24.0 Å². The summed E-state index contributed by atoms with van der Waals surface area (Å²) in [5.74, 6) is 6.27. The number of carbonyl (C=O) groups is 1. The van der Waals surface area contributed by atoms with Gasteiger partial charge < -0.3 is 10.1 Å². The summed E-state index contributed by atoms with van der Waals surface area (Å²) in [4.78, 5) is 16.1. The molecular formula is C17H15IN2O2. The lowest BCUT2D eigenvalue weighted by molar-refractivity contribution is 0.0958. The van der Waals surface area contributed by atoms with E-state index in [2.05, 4.69) is 44.7 Å². The number of benzene rings is 1. The predicted octanol–water partition coefficient (Wildman–Crippen LogP) is 2.81. The van der Waals surface area contributed by atoms with E-state index in [0.29, 0.717) is 17.9 Å². The first-order chi connectivity index (χ1) is 10.7. The minimum Gasteiger partial charge on any atom is -0.479 e. The molecule has 5 heteroatoms. The summed E-state index contributed by atoms with van der Waals surface area (Å²) in [5.41, 5.74) is 1.60. The van der Waals surface area contributed by atoms with E-state index in [-0.39, 0.29) is 12.5 Å². The molecule has 0 bridgehead atoms. The fraction of sp³-hybridized carbons (Fsp3) is 0.176. The minimum atomic E-state index is -0.122. The Balaban J connectivity index is 1.74. The molecule has 1 heterocycles. The van der Waals surface area contributed by atoms with Crippen LogP contribution in [-0.4, -0.2) is 24.0 Å². The average Bonchev–Trinajstić information content (AvgIpc) is 2.52. The van der Waals surface area contributed by atoms with Crippen LogP contribution in [0.5, 0.6) is 5.75 Å². The molecule has 0 saturated carbocycles. The third kappa shape index (κ3) is 5.04. The third-order valence-corrected chi connectivity index (χ3v) is 3.72. The van der Waals surface area contributed by atoms with Crippen molar-refractivity contribution >= 4 is 28.5 Å². The number of aromatic nitrogens is 1. The van der Waals surface area contributed by atoms with Crippen molar-refractivity contribution in [2.45, 2.75) is 6.92 Å². The zero-order valence-corrected chi connectivity index (χ0v) is 14.3. The van der Waals surface area contributed by atoms with Gasteiger partial charge in [0.25, 0.3) is 5.91 Å².